The fraction of sp³-hybridized carbons (Fsp3) is 0.642. The number of hydrogen-bond acceptors (Lipinski definition) is 7. The Bertz CT molecular complexity index is 1760. The zero-order valence-electron chi connectivity index (χ0n) is 49.6. The molecule has 9 nitrogen and oxygen atoms in total. The first-order valence-corrected chi connectivity index (χ1v) is 31.9. The maximum Gasteiger partial charge on any atom is 0.472 e. The van der Waals surface area contributed by atoms with Crippen molar-refractivity contribution in [2.75, 3.05) is 47.5 Å². The van der Waals surface area contributed by atoms with E-state index in [0.29, 0.717) is 17.4 Å². The molecule has 77 heavy (non-hydrogen) atoms. The molecule has 0 fully saturated rings. The maximum atomic E-state index is 12.8. The van der Waals surface area contributed by atoms with Gasteiger partial charge in [0.25, 0.3) is 0 Å². The molecule has 0 heterocycles. The minimum Gasteiger partial charge on any atom is -0.462 e. The van der Waals surface area contributed by atoms with E-state index in [1.807, 2.05) is 21.1 Å². The normalized spacial score (nSPS) is 14.2. The Hall–Kier alpha value is -3.85. The smallest absolute Gasteiger partial charge is 0.462 e. The van der Waals surface area contributed by atoms with Crippen LogP contribution in [-0.2, 0) is 32.7 Å². The summed E-state index contributed by atoms with van der Waals surface area (Å²) in [4.78, 5) is 35.6. The van der Waals surface area contributed by atoms with Crippen LogP contribution in [0.25, 0.3) is 0 Å². The number of likely N-dealkylation sites (N-methyl/N-ethyl adjacent to an activating group) is 1. The van der Waals surface area contributed by atoms with Gasteiger partial charge in [-0.3, -0.25) is 18.6 Å². The van der Waals surface area contributed by atoms with Crippen LogP contribution in [0.3, 0.4) is 0 Å². The van der Waals surface area contributed by atoms with Gasteiger partial charge in [-0.15, -0.1) is 0 Å². The summed E-state index contributed by atoms with van der Waals surface area (Å²) in [6, 6.07) is 0. The molecule has 0 aromatic heterocycles. The zero-order valence-corrected chi connectivity index (χ0v) is 50.5. The number of phosphoric acid groups is 1. The second kappa shape index (κ2) is 56.9. The summed E-state index contributed by atoms with van der Waals surface area (Å²) in [5.41, 5.74) is 0. The average Bonchev–Trinajstić information content (AvgIpc) is 3.39. The summed E-state index contributed by atoms with van der Waals surface area (Å²) in [6.45, 7) is 4.28. The first kappa shape index (κ1) is 73.2. The Morgan fingerprint density at radius 3 is 1.10 bits per heavy atom. The SMILES string of the molecule is CC/C=C\C/C=C\C/C=C\C/C=C\C/C=C\C/C=C\C/C=C\C/C=C\C/C=C\C/C=C\C/C=C\CCCCCCCC(=O)OC(COC(=O)CCCCCCCCCCCCCCCC)COP(=O)(O)OCC[N+](C)(C)C. The van der Waals surface area contributed by atoms with Crippen LogP contribution >= 0.6 is 7.82 Å². The molecule has 0 amide bonds. The molecule has 0 rings (SSSR count). The number of carbonyl (C=O) groups is 2. The van der Waals surface area contributed by atoms with Crippen LogP contribution in [0.2, 0.25) is 0 Å². The van der Waals surface area contributed by atoms with E-state index in [1.165, 1.54) is 70.6 Å². The second-order valence-electron chi connectivity index (χ2n) is 21.0. The number of esters is 2. The molecule has 0 spiro atoms. The zero-order chi connectivity index (χ0) is 56.3. The summed E-state index contributed by atoms with van der Waals surface area (Å²) in [5, 5.41) is 0. The van der Waals surface area contributed by atoms with Gasteiger partial charge in [-0.05, 0) is 96.3 Å². The highest BCUT2D eigenvalue weighted by Gasteiger charge is 2.27. The van der Waals surface area contributed by atoms with Crippen molar-refractivity contribution < 1.29 is 42.1 Å². The standard InChI is InChI=1S/C67H112NO8P/c1-6-8-10-12-14-16-18-20-22-23-24-25-26-27-28-29-30-31-32-33-34-35-36-37-38-39-40-41-42-43-44-45-46-48-50-52-54-56-58-60-67(70)76-65(64-75-77(71,72)74-62-61-68(3,4)5)63-73-66(69)59-57-55-53-51-49-47-21-19-17-15-13-11-9-7-2/h8,10,14,16,20,22,24-25,27-28,30-31,33-34,36-37,39-40,42-43,45-46,65H,6-7,9,11-13,15,17-19,21,23,26,29,32,35,38,41,44,47-64H2,1-5H3/p+1/b10-8-,16-14-,22-20-,25-24-,28-27-,31-30-,34-33-,37-36-,40-39-,43-42-,46-45-. The molecular formula is C67H113NO8P+. The Morgan fingerprint density at radius 1 is 0.416 bits per heavy atom. The molecule has 0 aliphatic carbocycles. The van der Waals surface area contributed by atoms with Crippen molar-refractivity contribution in [3.05, 3.63) is 134 Å². The van der Waals surface area contributed by atoms with Crippen LogP contribution in [0, 0.1) is 0 Å². The minimum absolute atomic E-state index is 0.0222. The number of rotatable bonds is 54. The lowest BCUT2D eigenvalue weighted by Crippen LogP contribution is -2.37. The minimum atomic E-state index is -4.40. The van der Waals surface area contributed by atoms with Crippen molar-refractivity contribution in [2.45, 2.75) is 232 Å². The molecule has 0 aromatic rings. The second-order valence-corrected chi connectivity index (χ2v) is 22.5. The fourth-order valence-electron chi connectivity index (χ4n) is 7.78. The van der Waals surface area contributed by atoms with Gasteiger partial charge in [0.15, 0.2) is 6.10 Å². The number of quaternary nitrogens is 1. The van der Waals surface area contributed by atoms with Crippen molar-refractivity contribution in [3.63, 3.8) is 0 Å². The maximum absolute atomic E-state index is 12.8. The fourth-order valence-corrected chi connectivity index (χ4v) is 8.53. The summed E-state index contributed by atoms with van der Waals surface area (Å²) >= 11 is 0. The van der Waals surface area contributed by atoms with Crippen LogP contribution in [0.1, 0.15) is 226 Å². The molecule has 0 bridgehead atoms. The average molecular weight is 1090 g/mol. The van der Waals surface area contributed by atoms with E-state index in [0.717, 1.165) is 122 Å². The number of unbranched alkanes of at least 4 members (excludes halogenated alkanes) is 18. The van der Waals surface area contributed by atoms with Crippen molar-refractivity contribution in [3.8, 4) is 0 Å². The Labute approximate surface area is 472 Å². The molecule has 2 unspecified atom stereocenters. The predicted molar refractivity (Wildman–Crippen MR) is 330 cm³/mol. The molecular weight excluding hydrogens is 978 g/mol. The Kier molecular flexibility index (Phi) is 54.0. The third kappa shape index (κ3) is 61.2. The van der Waals surface area contributed by atoms with Gasteiger partial charge in [0.1, 0.15) is 19.8 Å². The van der Waals surface area contributed by atoms with Crippen molar-refractivity contribution >= 4 is 19.8 Å². The molecule has 0 radical (unpaired) electrons. The highest BCUT2D eigenvalue weighted by molar-refractivity contribution is 7.47. The number of nitrogens with zero attached hydrogens (tertiary/aromatic N) is 1. The van der Waals surface area contributed by atoms with E-state index in [4.69, 9.17) is 18.5 Å². The van der Waals surface area contributed by atoms with Crippen LogP contribution in [0.4, 0.5) is 0 Å². The molecule has 1 N–H and O–H groups in total. The van der Waals surface area contributed by atoms with E-state index in [1.54, 1.807) is 0 Å². The van der Waals surface area contributed by atoms with Gasteiger partial charge in [-0.2, -0.15) is 0 Å². The molecule has 0 aliphatic heterocycles. The van der Waals surface area contributed by atoms with Gasteiger partial charge in [-0.25, -0.2) is 4.57 Å². The molecule has 0 saturated heterocycles. The third-order valence-corrected chi connectivity index (χ3v) is 13.4. The van der Waals surface area contributed by atoms with Crippen molar-refractivity contribution in [1.29, 1.82) is 0 Å². The predicted octanol–water partition coefficient (Wildman–Crippen LogP) is 19.3. The molecule has 0 aliphatic rings. The number of carbonyl (C=O) groups excluding carboxylic acids is 2. The van der Waals surface area contributed by atoms with E-state index < -0.39 is 26.5 Å². The van der Waals surface area contributed by atoms with Gasteiger partial charge in [0.2, 0.25) is 0 Å². The highest BCUT2D eigenvalue weighted by Crippen LogP contribution is 2.43. The Balaban J connectivity index is 4.17. The molecule has 0 saturated carbocycles. The first-order chi connectivity index (χ1) is 37.5. The molecule has 10 heteroatoms. The van der Waals surface area contributed by atoms with Gasteiger partial charge < -0.3 is 18.9 Å². The number of allylic oxidation sites excluding steroid dienone is 22. The monoisotopic (exact) mass is 1090 g/mol. The summed E-state index contributed by atoms with van der Waals surface area (Å²) < 4.78 is 34.5. The van der Waals surface area contributed by atoms with Gasteiger partial charge >= 0.3 is 19.8 Å². The van der Waals surface area contributed by atoms with Gasteiger partial charge in [0, 0.05) is 12.8 Å². The lowest BCUT2D eigenvalue weighted by Gasteiger charge is -2.24. The largest absolute Gasteiger partial charge is 0.472 e. The van der Waals surface area contributed by atoms with Crippen LogP contribution < -0.4 is 0 Å². The Morgan fingerprint density at radius 2 is 0.740 bits per heavy atom. The third-order valence-electron chi connectivity index (χ3n) is 12.4. The van der Waals surface area contributed by atoms with Crippen LogP contribution in [-0.4, -0.2) is 74.9 Å². The first-order valence-electron chi connectivity index (χ1n) is 30.4. The lowest BCUT2D eigenvalue weighted by atomic mass is 10.0. The number of hydrogen-bond donors (Lipinski definition) is 1. The summed E-state index contributed by atoms with van der Waals surface area (Å²) in [5.74, 6) is -0.824. The van der Waals surface area contributed by atoms with E-state index in [9.17, 15) is 19.0 Å². The molecule has 438 valence electrons. The van der Waals surface area contributed by atoms with E-state index in [2.05, 4.69) is 148 Å². The van der Waals surface area contributed by atoms with Gasteiger partial charge in [-0.1, -0.05) is 250 Å². The number of phosphoric ester groups is 1. The van der Waals surface area contributed by atoms with E-state index in [-0.39, 0.29) is 32.0 Å². The van der Waals surface area contributed by atoms with Gasteiger partial charge in [0.05, 0.1) is 27.7 Å². The van der Waals surface area contributed by atoms with Crippen LogP contribution in [0.15, 0.2) is 134 Å². The quantitative estimate of drug-likeness (QED) is 0.0211. The van der Waals surface area contributed by atoms with Crippen LogP contribution in [0.5, 0.6) is 0 Å². The number of ether oxygens (including phenoxy) is 2. The highest BCUT2D eigenvalue weighted by atomic mass is 31.2. The summed E-state index contributed by atoms with van der Waals surface area (Å²) in [7, 11) is 1.45. The lowest BCUT2D eigenvalue weighted by molar-refractivity contribution is -0.870. The molecule has 0 aromatic carbocycles. The van der Waals surface area contributed by atoms with E-state index >= 15 is 0 Å². The van der Waals surface area contributed by atoms with Crippen molar-refractivity contribution in [2.24, 2.45) is 0 Å². The summed E-state index contributed by atoms with van der Waals surface area (Å²) in [6.07, 6.45) is 82.4. The van der Waals surface area contributed by atoms with Crippen molar-refractivity contribution in [1.82, 2.24) is 0 Å². The topological polar surface area (TPSA) is 108 Å². The molecule has 2 atom stereocenters.